The van der Waals surface area contributed by atoms with Crippen molar-refractivity contribution < 1.29 is 23.1 Å². The van der Waals surface area contributed by atoms with E-state index in [1.165, 1.54) is 12.1 Å². The summed E-state index contributed by atoms with van der Waals surface area (Å²) in [6, 6.07) is 9.35. The number of hydrogen-bond acceptors (Lipinski definition) is 2. The number of anilines is 1. The number of benzene rings is 2. The lowest BCUT2D eigenvalue weighted by Crippen LogP contribution is -2.29. The lowest BCUT2D eigenvalue weighted by Gasteiger charge is -2.11. The fourth-order valence-electron chi connectivity index (χ4n) is 1.55. The van der Waals surface area contributed by atoms with Crippen LogP contribution in [0.5, 0.6) is 5.75 Å². The summed E-state index contributed by atoms with van der Waals surface area (Å²) in [5, 5.41) is 12.4. The van der Waals surface area contributed by atoms with Crippen molar-refractivity contribution in [2.75, 3.05) is 5.32 Å². The molecule has 2 aromatic carbocycles. The molecule has 0 fully saturated rings. The number of rotatable bonds is 1. The van der Waals surface area contributed by atoms with Gasteiger partial charge in [0.15, 0.2) is 0 Å². The molecule has 2 N–H and O–H groups in total. The molecule has 0 aliphatic heterocycles. The van der Waals surface area contributed by atoms with Crippen LogP contribution in [0.15, 0.2) is 36.4 Å². The first-order valence-electron chi connectivity index (χ1n) is 4.98. The van der Waals surface area contributed by atoms with Crippen LogP contribution in [0.25, 0.3) is 10.8 Å². The van der Waals surface area contributed by atoms with Gasteiger partial charge in [-0.2, -0.15) is 13.2 Å². The van der Waals surface area contributed by atoms with Crippen molar-refractivity contribution in [1.29, 1.82) is 0 Å². The van der Waals surface area contributed by atoms with Gasteiger partial charge in [0, 0.05) is 5.39 Å². The number of phenolic OH excluding ortho intramolecular Hbond substituents is 1. The molecule has 1 amide bonds. The van der Waals surface area contributed by atoms with E-state index in [1.54, 1.807) is 29.6 Å². The molecule has 2 aromatic rings. The smallest absolute Gasteiger partial charge is 0.471 e. The first kappa shape index (κ1) is 12.2. The molecule has 18 heavy (non-hydrogen) atoms. The van der Waals surface area contributed by atoms with Crippen molar-refractivity contribution in [3.63, 3.8) is 0 Å². The summed E-state index contributed by atoms with van der Waals surface area (Å²) in [6.07, 6.45) is -4.99. The second-order valence-corrected chi connectivity index (χ2v) is 3.63. The predicted octanol–water partition coefficient (Wildman–Crippen LogP) is 3.05. The summed E-state index contributed by atoms with van der Waals surface area (Å²) in [5.41, 5.74) is -0.268. The summed E-state index contributed by atoms with van der Waals surface area (Å²) in [5.74, 6) is -2.50. The molecule has 0 spiro atoms. The molecule has 0 saturated carbocycles. The molecule has 0 bridgehead atoms. The SMILES string of the molecule is O=C(Nc1ccc2ccccc2c1O)C(F)(F)F. The molecule has 3 nitrogen and oxygen atoms in total. The Morgan fingerprint density at radius 1 is 1.11 bits per heavy atom. The van der Waals surface area contributed by atoms with Gasteiger partial charge in [0.1, 0.15) is 5.75 Å². The Kier molecular flexibility index (Phi) is 2.86. The maximum atomic E-state index is 12.1. The van der Waals surface area contributed by atoms with E-state index in [9.17, 15) is 23.1 Å². The average molecular weight is 255 g/mol. The van der Waals surface area contributed by atoms with Crippen LogP contribution in [0.4, 0.5) is 18.9 Å². The van der Waals surface area contributed by atoms with E-state index in [-0.39, 0.29) is 11.4 Å². The van der Waals surface area contributed by atoms with Crippen LogP contribution in [0, 0.1) is 0 Å². The average Bonchev–Trinajstić information content (AvgIpc) is 2.32. The Hall–Kier alpha value is -2.24. The van der Waals surface area contributed by atoms with E-state index in [0.29, 0.717) is 10.8 Å². The number of alkyl halides is 3. The van der Waals surface area contributed by atoms with Crippen molar-refractivity contribution >= 4 is 22.4 Å². The van der Waals surface area contributed by atoms with Crippen LogP contribution in [-0.4, -0.2) is 17.2 Å². The molecule has 0 aromatic heterocycles. The Balaban J connectivity index is 2.41. The van der Waals surface area contributed by atoms with Gasteiger partial charge in [-0.25, -0.2) is 0 Å². The summed E-state index contributed by atoms with van der Waals surface area (Å²) in [4.78, 5) is 10.8. The maximum Gasteiger partial charge on any atom is 0.471 e. The molecule has 94 valence electrons. The van der Waals surface area contributed by atoms with Gasteiger partial charge in [-0.15, -0.1) is 0 Å². The van der Waals surface area contributed by atoms with E-state index in [1.807, 2.05) is 0 Å². The minimum atomic E-state index is -4.99. The van der Waals surface area contributed by atoms with Gasteiger partial charge in [-0.1, -0.05) is 30.3 Å². The summed E-state index contributed by atoms with van der Waals surface area (Å²) in [6.45, 7) is 0. The highest BCUT2D eigenvalue weighted by atomic mass is 19.4. The van der Waals surface area contributed by atoms with Crippen LogP contribution in [0.2, 0.25) is 0 Å². The largest absolute Gasteiger partial charge is 0.505 e. The molecule has 0 aliphatic carbocycles. The predicted molar refractivity (Wildman–Crippen MR) is 60.3 cm³/mol. The van der Waals surface area contributed by atoms with Crippen molar-refractivity contribution in [2.45, 2.75) is 6.18 Å². The monoisotopic (exact) mass is 255 g/mol. The molecular weight excluding hydrogens is 247 g/mol. The number of amides is 1. The molecule has 0 heterocycles. The number of halogens is 3. The van der Waals surface area contributed by atoms with Gasteiger partial charge in [0.05, 0.1) is 5.69 Å². The first-order chi connectivity index (χ1) is 8.39. The van der Waals surface area contributed by atoms with E-state index in [0.717, 1.165) is 0 Å². The van der Waals surface area contributed by atoms with Crippen LogP contribution < -0.4 is 5.32 Å². The van der Waals surface area contributed by atoms with E-state index in [2.05, 4.69) is 0 Å². The van der Waals surface area contributed by atoms with Crippen molar-refractivity contribution in [1.82, 2.24) is 0 Å². The van der Waals surface area contributed by atoms with Gasteiger partial charge in [-0.3, -0.25) is 4.79 Å². The summed E-state index contributed by atoms with van der Waals surface area (Å²) < 4.78 is 36.3. The van der Waals surface area contributed by atoms with Crippen molar-refractivity contribution in [2.24, 2.45) is 0 Å². The van der Waals surface area contributed by atoms with E-state index in [4.69, 9.17) is 0 Å². The third-order valence-electron chi connectivity index (χ3n) is 2.41. The number of carbonyl (C=O) groups is 1. The lowest BCUT2D eigenvalue weighted by molar-refractivity contribution is -0.167. The highest BCUT2D eigenvalue weighted by Crippen LogP contribution is 2.33. The Morgan fingerprint density at radius 3 is 2.44 bits per heavy atom. The molecule has 0 unspecified atom stereocenters. The third-order valence-corrected chi connectivity index (χ3v) is 2.41. The van der Waals surface area contributed by atoms with Gasteiger partial charge >= 0.3 is 12.1 Å². The Morgan fingerprint density at radius 2 is 1.78 bits per heavy atom. The number of phenols is 1. The standard InChI is InChI=1S/C12H8F3NO2/c13-12(14,15)11(18)16-9-6-5-7-3-1-2-4-8(7)10(9)17/h1-6,17H,(H,16,18). The minimum absolute atomic E-state index is 0.268. The zero-order valence-corrected chi connectivity index (χ0v) is 8.95. The maximum absolute atomic E-state index is 12.1. The summed E-state index contributed by atoms with van der Waals surface area (Å²) >= 11 is 0. The van der Waals surface area contributed by atoms with Crippen LogP contribution >= 0.6 is 0 Å². The number of fused-ring (bicyclic) bond motifs is 1. The topological polar surface area (TPSA) is 49.3 Å². The first-order valence-corrected chi connectivity index (χ1v) is 4.98. The zero-order valence-electron chi connectivity index (χ0n) is 8.95. The van der Waals surface area contributed by atoms with Crippen LogP contribution in [0.1, 0.15) is 0 Å². The lowest BCUT2D eigenvalue weighted by atomic mass is 10.1. The fraction of sp³-hybridized carbons (Fsp3) is 0.0833. The van der Waals surface area contributed by atoms with E-state index >= 15 is 0 Å². The number of carbonyl (C=O) groups excluding carboxylic acids is 1. The fourth-order valence-corrected chi connectivity index (χ4v) is 1.55. The molecule has 0 radical (unpaired) electrons. The molecule has 0 aliphatic rings. The second kappa shape index (κ2) is 4.21. The zero-order chi connectivity index (χ0) is 13.3. The van der Waals surface area contributed by atoms with E-state index < -0.39 is 12.1 Å². The molecular formula is C12H8F3NO2. The third kappa shape index (κ3) is 2.22. The van der Waals surface area contributed by atoms with Crippen molar-refractivity contribution in [3.8, 4) is 5.75 Å². The molecule has 2 rings (SSSR count). The summed E-state index contributed by atoms with van der Waals surface area (Å²) in [7, 11) is 0. The molecule has 0 saturated heterocycles. The normalized spacial score (nSPS) is 11.5. The quantitative estimate of drug-likeness (QED) is 0.769. The number of nitrogens with one attached hydrogen (secondary N) is 1. The molecule has 6 heteroatoms. The highest BCUT2D eigenvalue weighted by Gasteiger charge is 2.39. The van der Waals surface area contributed by atoms with Gasteiger partial charge < -0.3 is 10.4 Å². The minimum Gasteiger partial charge on any atom is -0.505 e. The Bertz CT molecular complexity index is 608. The second-order valence-electron chi connectivity index (χ2n) is 3.63. The molecule has 0 atom stereocenters. The van der Waals surface area contributed by atoms with Crippen LogP contribution in [-0.2, 0) is 4.79 Å². The van der Waals surface area contributed by atoms with Gasteiger partial charge in [0.2, 0.25) is 0 Å². The number of hydrogen-bond donors (Lipinski definition) is 2. The van der Waals surface area contributed by atoms with Crippen LogP contribution in [0.3, 0.4) is 0 Å². The van der Waals surface area contributed by atoms with Crippen molar-refractivity contribution in [3.05, 3.63) is 36.4 Å². The Labute approximate surface area is 99.8 Å². The number of aromatic hydroxyl groups is 1. The highest BCUT2D eigenvalue weighted by molar-refractivity contribution is 6.01. The van der Waals surface area contributed by atoms with Gasteiger partial charge in [-0.05, 0) is 11.5 Å². The van der Waals surface area contributed by atoms with Gasteiger partial charge in [0.25, 0.3) is 0 Å².